The standard InChI is InChI=1S/C8H22NSi2.Li/c1-8-9(10(2,3)4)11(5,6)7;/h1,8H2,2-7H3;. The van der Waals surface area contributed by atoms with Crippen molar-refractivity contribution in [2.45, 2.75) is 44.4 Å². The summed E-state index contributed by atoms with van der Waals surface area (Å²) in [6.45, 7) is 16.1. The fraction of sp³-hybridized carbons (Fsp3) is 1.00. The molecule has 0 aliphatic heterocycles. The zero-order valence-corrected chi connectivity index (χ0v) is 11.9. The first-order valence-electron chi connectivity index (χ1n) is 4.97. The van der Waals surface area contributed by atoms with Crippen LogP contribution in [0.5, 0.6) is 0 Å². The molecule has 0 radical (unpaired) electrons. The van der Waals surface area contributed by atoms with Gasteiger partial charge < -0.3 is 0 Å². The Morgan fingerprint density at radius 2 is 1.25 bits per heavy atom. The van der Waals surface area contributed by atoms with Crippen LogP contribution in [-0.2, 0) is 0 Å². The maximum atomic E-state index is 2.83. The second kappa shape index (κ2) is 4.48. The van der Waals surface area contributed by atoms with Crippen LogP contribution in [0.15, 0.2) is 0 Å². The molecular weight excluding hydrogens is 173 g/mol. The molecule has 0 aliphatic carbocycles. The van der Waals surface area contributed by atoms with Crippen LogP contribution in [-0.4, -0.2) is 45.0 Å². The third-order valence-corrected chi connectivity index (χ3v) is 9.78. The van der Waals surface area contributed by atoms with Gasteiger partial charge in [-0.2, -0.15) is 0 Å². The van der Waals surface area contributed by atoms with Gasteiger partial charge in [0.25, 0.3) is 0 Å². The summed E-state index contributed by atoms with van der Waals surface area (Å²) in [5.41, 5.74) is 0. The Balaban J connectivity index is 4.45. The van der Waals surface area contributed by atoms with Crippen molar-refractivity contribution in [1.82, 2.24) is 4.23 Å². The molecule has 0 amide bonds. The second-order valence-electron chi connectivity index (χ2n) is 5.49. The molecule has 0 N–H and O–H groups in total. The SMILES string of the molecule is [Li][CH2]CN([Si](C)(C)C)[Si](C)(C)C. The van der Waals surface area contributed by atoms with Gasteiger partial charge in [0.15, 0.2) is 0 Å². The van der Waals surface area contributed by atoms with Crippen LogP contribution in [0.2, 0.25) is 44.4 Å². The van der Waals surface area contributed by atoms with Crippen molar-refractivity contribution in [1.29, 1.82) is 0 Å². The van der Waals surface area contributed by atoms with E-state index in [0.29, 0.717) is 0 Å². The van der Waals surface area contributed by atoms with Gasteiger partial charge in [-0.15, -0.1) is 0 Å². The van der Waals surface area contributed by atoms with Gasteiger partial charge in [0, 0.05) is 0 Å². The molecule has 12 heavy (non-hydrogen) atoms. The van der Waals surface area contributed by atoms with E-state index in [1.165, 1.54) is 11.6 Å². The normalized spacial score (nSPS) is 14.1. The fourth-order valence-corrected chi connectivity index (χ4v) is 11.7. The van der Waals surface area contributed by atoms with E-state index in [1.54, 1.807) is 0 Å². The minimum atomic E-state index is -1.05. The molecule has 0 aromatic rings. The van der Waals surface area contributed by atoms with E-state index in [-0.39, 0.29) is 0 Å². The summed E-state index contributed by atoms with van der Waals surface area (Å²) in [4.78, 5) is 0. The summed E-state index contributed by atoms with van der Waals surface area (Å²) < 4.78 is 2.83. The summed E-state index contributed by atoms with van der Waals surface area (Å²) >= 11 is 2.28. The first kappa shape index (κ1) is 13.0. The summed E-state index contributed by atoms with van der Waals surface area (Å²) in [7, 11) is -2.10. The van der Waals surface area contributed by atoms with E-state index in [0.717, 1.165) is 0 Å². The van der Waals surface area contributed by atoms with Crippen molar-refractivity contribution in [2.24, 2.45) is 0 Å². The van der Waals surface area contributed by atoms with E-state index in [1.807, 2.05) is 0 Å². The number of hydrogen-bond acceptors (Lipinski definition) is 1. The van der Waals surface area contributed by atoms with Gasteiger partial charge in [-0.1, -0.05) is 0 Å². The molecule has 0 rings (SSSR count). The van der Waals surface area contributed by atoms with Gasteiger partial charge in [0.1, 0.15) is 0 Å². The van der Waals surface area contributed by atoms with Crippen LogP contribution in [0.3, 0.4) is 0 Å². The number of hydrogen-bond donors (Lipinski definition) is 0. The zero-order valence-electron chi connectivity index (χ0n) is 9.86. The summed E-state index contributed by atoms with van der Waals surface area (Å²) in [6.07, 6.45) is 0. The molecule has 0 aliphatic rings. The first-order chi connectivity index (χ1) is 5.19. The molecule has 0 saturated carbocycles. The van der Waals surface area contributed by atoms with E-state index < -0.39 is 16.5 Å². The van der Waals surface area contributed by atoms with Gasteiger partial charge in [-0.3, -0.25) is 0 Å². The Labute approximate surface area is 89.3 Å². The number of nitrogens with zero attached hydrogens (tertiary/aromatic N) is 1. The van der Waals surface area contributed by atoms with Gasteiger partial charge in [-0.25, -0.2) is 0 Å². The molecular formula is C8H22LiNSi2. The van der Waals surface area contributed by atoms with E-state index in [9.17, 15) is 0 Å². The Bertz CT molecular complexity index is 123. The third-order valence-electron chi connectivity index (χ3n) is 2.07. The molecule has 68 valence electrons. The van der Waals surface area contributed by atoms with Crippen molar-refractivity contribution < 1.29 is 0 Å². The van der Waals surface area contributed by atoms with E-state index in [2.05, 4.69) is 61.2 Å². The second-order valence-corrected chi connectivity index (χ2v) is 15.7. The van der Waals surface area contributed by atoms with Crippen LogP contribution < -0.4 is 0 Å². The molecule has 0 aromatic heterocycles. The van der Waals surface area contributed by atoms with Crippen LogP contribution in [0.1, 0.15) is 0 Å². The Morgan fingerprint density at radius 3 is 1.33 bits per heavy atom. The molecule has 0 fully saturated rings. The van der Waals surface area contributed by atoms with Crippen molar-refractivity contribution in [2.75, 3.05) is 6.54 Å². The molecule has 0 aromatic carbocycles. The Hall–Kier alpha value is 0.991. The van der Waals surface area contributed by atoms with Crippen molar-refractivity contribution in [3.63, 3.8) is 0 Å². The molecule has 0 bridgehead atoms. The predicted octanol–water partition coefficient (Wildman–Crippen LogP) is 2.55. The molecule has 0 atom stereocenters. The average Bonchev–Trinajstić information content (AvgIpc) is 1.77. The average molecular weight is 195 g/mol. The molecule has 0 saturated heterocycles. The third kappa shape index (κ3) is 4.29. The van der Waals surface area contributed by atoms with Crippen LogP contribution >= 0.6 is 0 Å². The summed E-state index contributed by atoms with van der Waals surface area (Å²) in [6, 6.07) is 0. The molecule has 4 heteroatoms. The van der Waals surface area contributed by atoms with Crippen molar-refractivity contribution >= 4 is 34.2 Å². The van der Waals surface area contributed by atoms with Crippen LogP contribution in [0, 0.1) is 0 Å². The maximum absolute atomic E-state index is 2.83. The fourth-order valence-electron chi connectivity index (χ4n) is 1.90. The zero-order chi connectivity index (χ0) is 9.99. The van der Waals surface area contributed by atoms with Gasteiger partial charge in [-0.05, 0) is 0 Å². The Kier molecular flexibility index (Phi) is 4.85. The monoisotopic (exact) mass is 195 g/mol. The first-order valence-corrected chi connectivity index (χ1v) is 11.9. The topological polar surface area (TPSA) is 3.24 Å². The minimum absolute atomic E-state index is 1.05. The van der Waals surface area contributed by atoms with E-state index >= 15 is 0 Å². The van der Waals surface area contributed by atoms with Crippen molar-refractivity contribution in [3.05, 3.63) is 0 Å². The van der Waals surface area contributed by atoms with Gasteiger partial charge >= 0.3 is 89.3 Å². The predicted molar refractivity (Wildman–Crippen MR) is 64.0 cm³/mol. The van der Waals surface area contributed by atoms with Crippen LogP contribution in [0.25, 0.3) is 0 Å². The van der Waals surface area contributed by atoms with E-state index in [4.69, 9.17) is 0 Å². The molecule has 0 heterocycles. The molecule has 0 spiro atoms. The van der Waals surface area contributed by atoms with Crippen LogP contribution in [0.4, 0.5) is 0 Å². The van der Waals surface area contributed by atoms with Crippen molar-refractivity contribution in [3.8, 4) is 0 Å². The van der Waals surface area contributed by atoms with Gasteiger partial charge in [0.2, 0.25) is 0 Å². The molecule has 0 unspecified atom stereocenters. The molecule has 1 nitrogen and oxygen atoms in total. The number of rotatable bonds is 4. The summed E-state index contributed by atoms with van der Waals surface area (Å²) in [5.74, 6) is 0. The Morgan fingerprint density at radius 1 is 0.917 bits per heavy atom. The summed E-state index contributed by atoms with van der Waals surface area (Å²) in [5, 5.41) is 1.30. The quantitative estimate of drug-likeness (QED) is 0.623. The van der Waals surface area contributed by atoms with Gasteiger partial charge in [0.05, 0.1) is 0 Å².